The molecule has 3 heterocycles. The Morgan fingerprint density at radius 2 is 1.96 bits per heavy atom. The SMILES string of the molecule is Cc1cc(Nc2nc(Br)nc3ccc(Cl)nc23)ccc1Oc1cccnc1. The second-order valence-corrected chi connectivity index (χ2v) is 6.84. The van der Waals surface area contributed by atoms with Gasteiger partial charge < -0.3 is 10.1 Å². The number of rotatable bonds is 4. The molecule has 0 saturated carbocycles. The van der Waals surface area contributed by atoms with Crippen LogP contribution in [0.3, 0.4) is 0 Å². The zero-order valence-corrected chi connectivity index (χ0v) is 16.5. The van der Waals surface area contributed by atoms with Gasteiger partial charge in [-0.25, -0.2) is 15.0 Å². The van der Waals surface area contributed by atoms with E-state index in [9.17, 15) is 0 Å². The first kappa shape index (κ1) is 17.6. The van der Waals surface area contributed by atoms with Crippen molar-refractivity contribution in [1.82, 2.24) is 19.9 Å². The van der Waals surface area contributed by atoms with Crippen LogP contribution in [0, 0.1) is 6.92 Å². The van der Waals surface area contributed by atoms with E-state index < -0.39 is 0 Å². The molecule has 0 bridgehead atoms. The van der Waals surface area contributed by atoms with Gasteiger partial charge in [-0.05, 0) is 70.9 Å². The number of pyridine rings is 2. The molecule has 1 N–H and O–H groups in total. The molecule has 0 aliphatic carbocycles. The Morgan fingerprint density at radius 1 is 1.07 bits per heavy atom. The number of hydrogen-bond acceptors (Lipinski definition) is 6. The van der Waals surface area contributed by atoms with Crippen molar-refractivity contribution in [2.75, 3.05) is 5.32 Å². The Kier molecular flexibility index (Phi) is 4.87. The van der Waals surface area contributed by atoms with Crippen LogP contribution in [-0.4, -0.2) is 19.9 Å². The van der Waals surface area contributed by atoms with Gasteiger partial charge in [-0.1, -0.05) is 11.6 Å². The van der Waals surface area contributed by atoms with Gasteiger partial charge in [-0.2, -0.15) is 0 Å². The van der Waals surface area contributed by atoms with Crippen LogP contribution in [0.2, 0.25) is 5.15 Å². The molecule has 0 fully saturated rings. The fourth-order valence-corrected chi connectivity index (χ4v) is 3.08. The molecule has 0 aliphatic heterocycles. The first-order valence-corrected chi connectivity index (χ1v) is 9.21. The molecule has 0 unspecified atom stereocenters. The van der Waals surface area contributed by atoms with E-state index in [1.54, 1.807) is 24.5 Å². The molecule has 4 aromatic rings. The van der Waals surface area contributed by atoms with Gasteiger partial charge >= 0.3 is 0 Å². The molecule has 0 radical (unpaired) electrons. The van der Waals surface area contributed by atoms with Crippen LogP contribution in [0.5, 0.6) is 11.5 Å². The second kappa shape index (κ2) is 7.46. The standard InChI is InChI=1S/C19H13BrClN5O/c1-11-9-12(4-6-15(11)27-13-3-2-8-22-10-13)23-18-17-14(24-19(20)26-18)5-7-16(21)25-17/h2-10H,1H3,(H,23,24,26). The molecule has 0 spiro atoms. The Balaban J connectivity index is 1.65. The molecule has 0 aliphatic rings. The number of anilines is 2. The van der Waals surface area contributed by atoms with Crippen molar-refractivity contribution in [3.05, 3.63) is 70.3 Å². The molecular formula is C19H13BrClN5O. The van der Waals surface area contributed by atoms with Crippen molar-refractivity contribution >= 4 is 50.1 Å². The maximum atomic E-state index is 6.03. The monoisotopic (exact) mass is 441 g/mol. The largest absolute Gasteiger partial charge is 0.455 e. The van der Waals surface area contributed by atoms with Crippen LogP contribution in [0.4, 0.5) is 11.5 Å². The summed E-state index contributed by atoms with van der Waals surface area (Å²) in [7, 11) is 0. The van der Waals surface area contributed by atoms with Gasteiger partial charge in [-0.3, -0.25) is 4.98 Å². The van der Waals surface area contributed by atoms with E-state index in [1.165, 1.54) is 0 Å². The van der Waals surface area contributed by atoms with E-state index in [-0.39, 0.29) is 0 Å². The van der Waals surface area contributed by atoms with Crippen LogP contribution in [0.25, 0.3) is 11.0 Å². The van der Waals surface area contributed by atoms with E-state index in [1.807, 2.05) is 37.3 Å². The number of aryl methyl sites for hydroxylation is 1. The number of benzene rings is 1. The van der Waals surface area contributed by atoms with E-state index in [0.29, 0.717) is 32.5 Å². The number of hydrogen-bond donors (Lipinski definition) is 1. The van der Waals surface area contributed by atoms with E-state index in [0.717, 1.165) is 17.0 Å². The van der Waals surface area contributed by atoms with Crippen LogP contribution in [0.15, 0.2) is 59.6 Å². The fraction of sp³-hybridized carbons (Fsp3) is 0.0526. The lowest BCUT2D eigenvalue weighted by Gasteiger charge is -2.12. The third-order valence-electron chi connectivity index (χ3n) is 3.78. The number of nitrogens with one attached hydrogen (secondary N) is 1. The minimum absolute atomic E-state index is 0.382. The molecule has 0 amide bonds. The van der Waals surface area contributed by atoms with Crippen LogP contribution >= 0.6 is 27.5 Å². The Bertz CT molecular complexity index is 1120. The molecule has 1 aromatic carbocycles. The maximum Gasteiger partial charge on any atom is 0.199 e. The third-order valence-corrected chi connectivity index (χ3v) is 4.35. The molecule has 0 saturated heterocycles. The minimum Gasteiger partial charge on any atom is -0.455 e. The van der Waals surface area contributed by atoms with Gasteiger partial charge in [0.1, 0.15) is 22.2 Å². The van der Waals surface area contributed by atoms with E-state index in [4.69, 9.17) is 16.3 Å². The van der Waals surface area contributed by atoms with Crippen molar-refractivity contribution in [2.45, 2.75) is 6.92 Å². The molecule has 0 atom stereocenters. The van der Waals surface area contributed by atoms with Crippen molar-refractivity contribution in [3.63, 3.8) is 0 Å². The lowest BCUT2D eigenvalue weighted by atomic mass is 10.2. The van der Waals surface area contributed by atoms with Gasteiger partial charge in [0.15, 0.2) is 10.6 Å². The summed E-state index contributed by atoms with van der Waals surface area (Å²) >= 11 is 9.36. The summed E-state index contributed by atoms with van der Waals surface area (Å²) in [5.41, 5.74) is 3.10. The number of nitrogens with zero attached hydrogens (tertiary/aromatic N) is 4. The lowest BCUT2D eigenvalue weighted by Crippen LogP contribution is -1.99. The van der Waals surface area contributed by atoms with Crippen molar-refractivity contribution < 1.29 is 4.74 Å². The third kappa shape index (κ3) is 3.99. The van der Waals surface area contributed by atoms with Gasteiger partial charge in [0.2, 0.25) is 0 Å². The Morgan fingerprint density at radius 3 is 2.74 bits per heavy atom. The predicted molar refractivity (Wildman–Crippen MR) is 109 cm³/mol. The van der Waals surface area contributed by atoms with E-state index >= 15 is 0 Å². The van der Waals surface area contributed by atoms with Crippen molar-refractivity contribution in [1.29, 1.82) is 0 Å². The molecule has 4 rings (SSSR count). The highest BCUT2D eigenvalue weighted by atomic mass is 79.9. The molecular weight excluding hydrogens is 430 g/mol. The van der Waals surface area contributed by atoms with E-state index in [2.05, 4.69) is 41.2 Å². The molecule has 134 valence electrons. The zero-order valence-electron chi connectivity index (χ0n) is 14.1. The topological polar surface area (TPSA) is 72.8 Å². The van der Waals surface area contributed by atoms with Gasteiger partial charge in [0.05, 0.1) is 11.7 Å². The Labute approximate surface area is 168 Å². The molecule has 8 heteroatoms. The normalized spacial score (nSPS) is 10.8. The molecule has 6 nitrogen and oxygen atoms in total. The van der Waals surface area contributed by atoms with Crippen LogP contribution in [-0.2, 0) is 0 Å². The van der Waals surface area contributed by atoms with Crippen LogP contribution < -0.4 is 10.1 Å². The second-order valence-electron chi connectivity index (χ2n) is 5.74. The summed E-state index contributed by atoms with van der Waals surface area (Å²) in [6.45, 7) is 1.97. The highest BCUT2D eigenvalue weighted by Gasteiger charge is 2.10. The van der Waals surface area contributed by atoms with Crippen LogP contribution in [0.1, 0.15) is 5.56 Å². The minimum atomic E-state index is 0.382. The average molecular weight is 443 g/mol. The van der Waals surface area contributed by atoms with Crippen molar-refractivity contribution in [2.24, 2.45) is 0 Å². The maximum absolute atomic E-state index is 6.03. The number of fused-ring (bicyclic) bond motifs is 1. The van der Waals surface area contributed by atoms with Gasteiger partial charge in [0, 0.05) is 11.9 Å². The summed E-state index contributed by atoms with van der Waals surface area (Å²) < 4.78 is 6.33. The quantitative estimate of drug-likeness (QED) is 0.324. The summed E-state index contributed by atoms with van der Waals surface area (Å²) in [5.74, 6) is 2.00. The lowest BCUT2D eigenvalue weighted by molar-refractivity contribution is 0.476. The zero-order chi connectivity index (χ0) is 18.8. The van der Waals surface area contributed by atoms with Crippen molar-refractivity contribution in [3.8, 4) is 11.5 Å². The summed E-state index contributed by atoms with van der Waals surface area (Å²) in [4.78, 5) is 17.1. The highest BCUT2D eigenvalue weighted by Crippen LogP contribution is 2.30. The molecule has 3 aromatic heterocycles. The first-order valence-electron chi connectivity index (χ1n) is 8.04. The summed E-state index contributed by atoms with van der Waals surface area (Å²) in [6, 6.07) is 13.0. The fourth-order valence-electron chi connectivity index (χ4n) is 2.56. The number of aromatic nitrogens is 4. The smallest absolute Gasteiger partial charge is 0.199 e. The number of ether oxygens (including phenoxy) is 1. The Hall–Kier alpha value is -2.77. The highest BCUT2D eigenvalue weighted by molar-refractivity contribution is 9.10. The molecule has 27 heavy (non-hydrogen) atoms. The first-order chi connectivity index (χ1) is 13.1. The van der Waals surface area contributed by atoms with Gasteiger partial charge in [0.25, 0.3) is 0 Å². The predicted octanol–water partition coefficient (Wildman–Crippen LogP) is 5.68. The number of halogens is 2. The summed E-state index contributed by atoms with van der Waals surface area (Å²) in [5, 5.41) is 3.66. The summed E-state index contributed by atoms with van der Waals surface area (Å²) in [6.07, 6.45) is 3.38. The van der Waals surface area contributed by atoms with Gasteiger partial charge in [-0.15, -0.1) is 0 Å². The average Bonchev–Trinajstić information content (AvgIpc) is 2.65.